The highest BCUT2D eigenvalue weighted by Crippen LogP contribution is 2.48. The highest BCUT2D eigenvalue weighted by molar-refractivity contribution is 6.04. The van der Waals surface area contributed by atoms with E-state index in [0.717, 1.165) is 12.8 Å². The fraction of sp³-hybridized carbons (Fsp3) is 0.462. The lowest BCUT2D eigenvalue weighted by Crippen LogP contribution is -2.25. The molecule has 0 amide bonds. The molecule has 0 spiro atoms. The number of carbonyl (C=O) groups is 1. The molecule has 0 unspecified atom stereocenters. The van der Waals surface area contributed by atoms with Crippen LogP contribution in [-0.2, 0) is 0 Å². The molecule has 2 rings (SSSR count). The van der Waals surface area contributed by atoms with Crippen molar-refractivity contribution in [1.82, 2.24) is 0 Å². The van der Waals surface area contributed by atoms with Crippen LogP contribution in [0.15, 0.2) is 18.2 Å². The van der Waals surface area contributed by atoms with E-state index in [1.165, 1.54) is 0 Å². The lowest BCUT2D eigenvalue weighted by molar-refractivity contribution is 0.0902. The summed E-state index contributed by atoms with van der Waals surface area (Å²) >= 11 is 0. The minimum Gasteiger partial charge on any atom is -0.497 e. The van der Waals surface area contributed by atoms with Gasteiger partial charge in [0, 0.05) is 12.0 Å². The van der Waals surface area contributed by atoms with Gasteiger partial charge in [0.2, 0.25) is 0 Å². The van der Waals surface area contributed by atoms with Crippen molar-refractivity contribution >= 4 is 5.78 Å². The van der Waals surface area contributed by atoms with E-state index in [0.29, 0.717) is 23.6 Å². The summed E-state index contributed by atoms with van der Waals surface area (Å²) in [5, 5.41) is 0. The summed E-state index contributed by atoms with van der Waals surface area (Å²) in [4.78, 5) is 12.4. The average Bonchev–Trinajstić information content (AvgIpc) is 3.18. The maximum absolute atomic E-state index is 12.4. The van der Waals surface area contributed by atoms with Crippen LogP contribution >= 0.6 is 0 Å². The Labute approximate surface area is 101 Å². The average molecular weight is 235 g/mol. The van der Waals surface area contributed by atoms with Gasteiger partial charge in [-0.25, -0.2) is 0 Å². The van der Waals surface area contributed by atoms with E-state index in [4.69, 9.17) is 15.2 Å². The minimum atomic E-state index is -0.361. The normalized spacial score (nSPS) is 16.4. The van der Waals surface area contributed by atoms with Crippen LogP contribution < -0.4 is 15.2 Å². The largest absolute Gasteiger partial charge is 0.497 e. The second-order valence-corrected chi connectivity index (χ2v) is 4.38. The first-order valence-electron chi connectivity index (χ1n) is 5.64. The van der Waals surface area contributed by atoms with E-state index in [9.17, 15) is 4.79 Å². The van der Waals surface area contributed by atoms with Crippen molar-refractivity contribution in [3.63, 3.8) is 0 Å². The van der Waals surface area contributed by atoms with Crippen molar-refractivity contribution in [2.24, 2.45) is 11.1 Å². The van der Waals surface area contributed by atoms with Gasteiger partial charge in [0.05, 0.1) is 19.8 Å². The van der Waals surface area contributed by atoms with E-state index in [-0.39, 0.29) is 11.2 Å². The van der Waals surface area contributed by atoms with Crippen molar-refractivity contribution < 1.29 is 14.3 Å². The lowest BCUT2D eigenvalue weighted by Gasteiger charge is -2.14. The van der Waals surface area contributed by atoms with Crippen LogP contribution in [0, 0.1) is 5.41 Å². The lowest BCUT2D eigenvalue weighted by atomic mass is 9.94. The molecule has 1 aliphatic rings. The van der Waals surface area contributed by atoms with Crippen LogP contribution in [0.2, 0.25) is 0 Å². The molecule has 4 nitrogen and oxygen atoms in total. The van der Waals surface area contributed by atoms with Gasteiger partial charge in [0.15, 0.2) is 5.78 Å². The molecule has 0 radical (unpaired) electrons. The Kier molecular flexibility index (Phi) is 3.07. The summed E-state index contributed by atoms with van der Waals surface area (Å²) in [6.45, 7) is 0.395. The number of hydrogen-bond donors (Lipinski definition) is 1. The zero-order valence-electron chi connectivity index (χ0n) is 10.2. The smallest absolute Gasteiger partial charge is 0.174 e. The molecule has 1 aromatic rings. The van der Waals surface area contributed by atoms with Crippen molar-refractivity contribution in [3.8, 4) is 11.5 Å². The maximum atomic E-state index is 12.4. The molecular formula is C13H17NO3. The molecule has 2 N–H and O–H groups in total. The second kappa shape index (κ2) is 4.37. The zero-order valence-corrected chi connectivity index (χ0v) is 10.2. The molecule has 1 saturated carbocycles. The molecule has 1 aliphatic carbocycles. The predicted molar refractivity (Wildman–Crippen MR) is 64.6 cm³/mol. The quantitative estimate of drug-likeness (QED) is 0.788. The Balaban J connectivity index is 2.39. The fourth-order valence-electron chi connectivity index (χ4n) is 1.95. The predicted octanol–water partition coefficient (Wildman–Crippen LogP) is 1.63. The number of Topliss-reactive ketones (excluding diaryl/α,β-unsaturated/α-hetero) is 1. The van der Waals surface area contributed by atoms with Gasteiger partial charge < -0.3 is 15.2 Å². The summed E-state index contributed by atoms with van der Waals surface area (Å²) in [5.74, 6) is 1.30. The SMILES string of the molecule is COc1ccc(OC)c(C(=O)C2(CN)CC2)c1. The number of ketones is 1. The van der Waals surface area contributed by atoms with Gasteiger partial charge in [-0.05, 0) is 31.0 Å². The molecule has 4 heteroatoms. The third kappa shape index (κ3) is 2.00. The van der Waals surface area contributed by atoms with Gasteiger partial charge in [-0.2, -0.15) is 0 Å². The van der Waals surface area contributed by atoms with Crippen LogP contribution in [0.25, 0.3) is 0 Å². The van der Waals surface area contributed by atoms with Gasteiger partial charge in [0.1, 0.15) is 11.5 Å². The van der Waals surface area contributed by atoms with Crippen molar-refractivity contribution in [1.29, 1.82) is 0 Å². The first-order valence-corrected chi connectivity index (χ1v) is 5.64. The first kappa shape index (κ1) is 11.9. The molecule has 1 fully saturated rings. The zero-order chi connectivity index (χ0) is 12.5. The number of carbonyl (C=O) groups excluding carboxylic acids is 1. The topological polar surface area (TPSA) is 61.5 Å². The highest BCUT2D eigenvalue weighted by atomic mass is 16.5. The number of methoxy groups -OCH3 is 2. The maximum Gasteiger partial charge on any atom is 0.174 e. The van der Waals surface area contributed by atoms with Crippen LogP contribution in [0.1, 0.15) is 23.2 Å². The molecule has 0 heterocycles. The van der Waals surface area contributed by atoms with Crippen molar-refractivity contribution in [2.75, 3.05) is 20.8 Å². The highest BCUT2D eigenvalue weighted by Gasteiger charge is 2.49. The van der Waals surface area contributed by atoms with Crippen LogP contribution in [0.5, 0.6) is 11.5 Å². The Morgan fingerprint density at radius 2 is 2.06 bits per heavy atom. The molecule has 92 valence electrons. The summed E-state index contributed by atoms with van der Waals surface area (Å²) in [6.07, 6.45) is 1.73. The molecule has 0 aromatic heterocycles. The summed E-state index contributed by atoms with van der Waals surface area (Å²) in [5.41, 5.74) is 5.88. The number of hydrogen-bond acceptors (Lipinski definition) is 4. The molecule has 0 aliphatic heterocycles. The Morgan fingerprint density at radius 1 is 1.35 bits per heavy atom. The Bertz CT molecular complexity index is 438. The van der Waals surface area contributed by atoms with Crippen LogP contribution in [0.3, 0.4) is 0 Å². The van der Waals surface area contributed by atoms with E-state index in [1.807, 2.05) is 0 Å². The van der Waals surface area contributed by atoms with Gasteiger partial charge in [0.25, 0.3) is 0 Å². The molecule has 0 bridgehead atoms. The molecule has 17 heavy (non-hydrogen) atoms. The molecule has 1 aromatic carbocycles. The number of nitrogens with two attached hydrogens (primary N) is 1. The van der Waals surface area contributed by atoms with Crippen molar-refractivity contribution in [2.45, 2.75) is 12.8 Å². The third-order valence-corrected chi connectivity index (χ3v) is 3.38. The third-order valence-electron chi connectivity index (χ3n) is 3.38. The van der Waals surface area contributed by atoms with E-state index in [2.05, 4.69) is 0 Å². The monoisotopic (exact) mass is 235 g/mol. The summed E-state index contributed by atoms with van der Waals surface area (Å²) < 4.78 is 10.3. The summed E-state index contributed by atoms with van der Waals surface area (Å²) in [7, 11) is 3.13. The van der Waals surface area contributed by atoms with Gasteiger partial charge >= 0.3 is 0 Å². The van der Waals surface area contributed by atoms with Gasteiger partial charge in [-0.3, -0.25) is 4.79 Å². The minimum absolute atomic E-state index is 0.0655. The van der Waals surface area contributed by atoms with E-state index < -0.39 is 0 Å². The molecule has 0 saturated heterocycles. The standard InChI is InChI=1S/C13H17NO3/c1-16-9-3-4-11(17-2)10(7-9)12(15)13(8-14)5-6-13/h3-4,7H,5-6,8,14H2,1-2H3. The number of benzene rings is 1. The summed E-state index contributed by atoms with van der Waals surface area (Å²) in [6, 6.07) is 5.24. The van der Waals surface area contributed by atoms with Crippen LogP contribution in [-0.4, -0.2) is 26.5 Å². The Hall–Kier alpha value is -1.55. The van der Waals surface area contributed by atoms with E-state index >= 15 is 0 Å². The Morgan fingerprint density at radius 3 is 2.53 bits per heavy atom. The van der Waals surface area contributed by atoms with Crippen LogP contribution in [0.4, 0.5) is 0 Å². The molecule has 0 atom stereocenters. The first-order chi connectivity index (χ1) is 8.16. The second-order valence-electron chi connectivity index (χ2n) is 4.38. The number of ether oxygens (including phenoxy) is 2. The molecular weight excluding hydrogens is 218 g/mol. The van der Waals surface area contributed by atoms with Gasteiger partial charge in [-0.15, -0.1) is 0 Å². The fourth-order valence-corrected chi connectivity index (χ4v) is 1.95. The van der Waals surface area contributed by atoms with Crippen molar-refractivity contribution in [3.05, 3.63) is 23.8 Å². The number of rotatable bonds is 5. The van der Waals surface area contributed by atoms with Gasteiger partial charge in [-0.1, -0.05) is 0 Å². The van der Waals surface area contributed by atoms with E-state index in [1.54, 1.807) is 32.4 Å².